The second-order valence-electron chi connectivity index (χ2n) is 7.73. The van der Waals surface area contributed by atoms with E-state index in [-0.39, 0.29) is 10.9 Å². The molecule has 0 spiro atoms. The molecule has 0 aliphatic carbocycles. The zero-order valence-electron chi connectivity index (χ0n) is 21.8. The summed E-state index contributed by atoms with van der Waals surface area (Å²) in [5.74, 6) is -5.60. The monoisotopic (exact) mass is 644 g/mol. The summed E-state index contributed by atoms with van der Waals surface area (Å²) in [7, 11) is 0. The molecule has 1 aliphatic rings. The summed E-state index contributed by atoms with van der Waals surface area (Å²) < 4.78 is 26.4. The summed E-state index contributed by atoms with van der Waals surface area (Å²) in [5.41, 5.74) is 0. The number of aliphatic hydroxyl groups excluding tert-OH is 1. The molecule has 0 amide bonds. The van der Waals surface area contributed by atoms with Gasteiger partial charge in [-0.3, -0.25) is 38.4 Å². The number of ether oxygens (including phenoxy) is 5. The van der Waals surface area contributed by atoms with E-state index < -0.39 is 93.8 Å². The largest absolute Gasteiger partial charge is 0.462 e. The Labute approximate surface area is 246 Å². The first-order valence-corrected chi connectivity index (χ1v) is 15.2. The molecule has 40 heavy (non-hydrogen) atoms. The van der Waals surface area contributed by atoms with Gasteiger partial charge in [-0.15, -0.1) is 0 Å². The Bertz CT molecular complexity index is 987. The van der Waals surface area contributed by atoms with E-state index in [9.17, 15) is 43.5 Å². The second kappa shape index (κ2) is 18.3. The third-order valence-electron chi connectivity index (χ3n) is 4.39. The van der Waals surface area contributed by atoms with Crippen LogP contribution in [0.5, 0.6) is 0 Å². The summed E-state index contributed by atoms with van der Waals surface area (Å²) in [6, 6.07) is 0. The number of hydrogen-bond donors (Lipinski definition) is 1. The van der Waals surface area contributed by atoms with Crippen molar-refractivity contribution in [2.45, 2.75) is 58.4 Å². The highest BCUT2D eigenvalue weighted by atomic mass is 32.2. The molecule has 5 atom stereocenters. The molecule has 1 saturated heterocycles. The fraction of sp³-hybridized carbons (Fsp3) is 0.636. The number of rotatable bonds is 13. The Balaban J connectivity index is 3.28. The van der Waals surface area contributed by atoms with Crippen molar-refractivity contribution in [1.29, 1.82) is 0 Å². The van der Waals surface area contributed by atoms with Crippen molar-refractivity contribution >= 4 is 91.4 Å². The zero-order chi connectivity index (χ0) is 30.4. The van der Waals surface area contributed by atoms with E-state index in [1.165, 1.54) is 27.7 Å². The maximum absolute atomic E-state index is 12.5. The van der Waals surface area contributed by atoms with Gasteiger partial charge in [0.05, 0.1) is 23.0 Å². The van der Waals surface area contributed by atoms with Gasteiger partial charge in [0, 0.05) is 27.7 Å². The molecular formula is C22H28O14S4. The van der Waals surface area contributed by atoms with Crippen molar-refractivity contribution in [3.63, 3.8) is 0 Å². The summed E-state index contributed by atoms with van der Waals surface area (Å²) in [6.07, 6.45) is -8.59. The van der Waals surface area contributed by atoms with Crippen molar-refractivity contribution in [1.82, 2.24) is 0 Å². The van der Waals surface area contributed by atoms with Gasteiger partial charge in [0.2, 0.25) is 0 Å². The van der Waals surface area contributed by atoms with Crippen molar-refractivity contribution in [2.24, 2.45) is 0 Å². The third kappa shape index (κ3) is 14.5. The van der Waals surface area contributed by atoms with E-state index >= 15 is 0 Å². The molecule has 1 rings (SSSR count). The van der Waals surface area contributed by atoms with E-state index in [0.29, 0.717) is 47.0 Å². The Kier molecular flexibility index (Phi) is 16.5. The Morgan fingerprint density at radius 2 is 0.925 bits per heavy atom. The molecule has 1 N–H and O–H groups in total. The molecule has 0 aromatic carbocycles. The van der Waals surface area contributed by atoms with Gasteiger partial charge in [-0.05, 0) is 0 Å². The first-order chi connectivity index (χ1) is 18.7. The maximum atomic E-state index is 12.5. The minimum atomic E-state index is -1.98. The molecule has 0 aromatic heterocycles. The molecule has 14 nitrogen and oxygen atoms in total. The van der Waals surface area contributed by atoms with E-state index in [2.05, 4.69) is 0 Å². The van der Waals surface area contributed by atoms with Gasteiger partial charge in [-0.2, -0.15) is 0 Å². The number of esters is 4. The quantitative estimate of drug-likeness (QED) is 0.209. The van der Waals surface area contributed by atoms with Crippen LogP contribution in [0.4, 0.5) is 0 Å². The van der Waals surface area contributed by atoms with E-state index in [0.717, 1.165) is 0 Å². The average Bonchev–Trinajstić information content (AvgIpc) is 2.86. The minimum Gasteiger partial charge on any atom is -0.462 e. The van der Waals surface area contributed by atoms with Gasteiger partial charge in [0.15, 0.2) is 45.1 Å². The summed E-state index contributed by atoms with van der Waals surface area (Å²) in [5, 5.41) is 9.07. The second-order valence-corrected chi connectivity index (χ2v) is 12.3. The highest BCUT2D eigenvalue weighted by molar-refractivity contribution is 8.14. The van der Waals surface area contributed by atoms with Gasteiger partial charge < -0.3 is 28.8 Å². The lowest BCUT2D eigenvalue weighted by atomic mass is 9.98. The molecular weight excluding hydrogens is 616 g/mol. The zero-order valence-corrected chi connectivity index (χ0v) is 25.1. The van der Waals surface area contributed by atoms with Crippen LogP contribution in [0.1, 0.15) is 27.7 Å². The van der Waals surface area contributed by atoms with Crippen LogP contribution in [0.25, 0.3) is 0 Å². The van der Waals surface area contributed by atoms with Crippen molar-refractivity contribution < 1.29 is 67.1 Å². The van der Waals surface area contributed by atoms with Crippen LogP contribution in [0, 0.1) is 0 Å². The Morgan fingerprint density at radius 3 is 1.32 bits per heavy atom. The van der Waals surface area contributed by atoms with Gasteiger partial charge >= 0.3 is 23.9 Å². The lowest BCUT2D eigenvalue weighted by Gasteiger charge is -2.42. The molecule has 0 aromatic rings. The van der Waals surface area contributed by atoms with Crippen LogP contribution in [0.2, 0.25) is 0 Å². The maximum Gasteiger partial charge on any atom is 0.316 e. The van der Waals surface area contributed by atoms with E-state index in [4.69, 9.17) is 23.7 Å². The number of carbonyl (C=O) groups is 8. The lowest BCUT2D eigenvalue weighted by molar-refractivity contribution is -0.295. The molecule has 1 aliphatic heterocycles. The van der Waals surface area contributed by atoms with Crippen LogP contribution < -0.4 is 0 Å². The molecule has 18 heteroatoms. The smallest absolute Gasteiger partial charge is 0.316 e. The van der Waals surface area contributed by atoms with Crippen molar-refractivity contribution in [3.8, 4) is 0 Å². The van der Waals surface area contributed by atoms with Crippen molar-refractivity contribution in [2.75, 3.05) is 29.6 Å². The molecule has 0 saturated carbocycles. The minimum absolute atomic E-state index is 0.348. The van der Waals surface area contributed by atoms with Crippen molar-refractivity contribution in [3.05, 3.63) is 0 Å². The summed E-state index contributed by atoms with van der Waals surface area (Å²) >= 11 is 2.49. The number of thioether (sulfide) groups is 4. The van der Waals surface area contributed by atoms with Gasteiger partial charge in [-0.25, -0.2) is 0 Å². The fourth-order valence-corrected chi connectivity index (χ4v) is 4.42. The average molecular weight is 645 g/mol. The molecule has 224 valence electrons. The van der Waals surface area contributed by atoms with Gasteiger partial charge in [-0.1, -0.05) is 47.0 Å². The summed E-state index contributed by atoms with van der Waals surface area (Å²) in [6.45, 7) is 4.23. The number of carbonyl (C=O) groups excluding carboxylic acids is 8. The van der Waals surface area contributed by atoms with Crippen LogP contribution in [-0.4, -0.2) is 110 Å². The van der Waals surface area contributed by atoms with Crippen LogP contribution >= 0.6 is 47.0 Å². The van der Waals surface area contributed by atoms with Gasteiger partial charge in [0.1, 0.15) is 12.7 Å². The highest BCUT2D eigenvalue weighted by Gasteiger charge is 2.52. The molecule has 0 unspecified atom stereocenters. The molecule has 1 fully saturated rings. The first-order valence-electron chi connectivity index (χ1n) is 11.3. The van der Waals surface area contributed by atoms with E-state index in [1.807, 2.05) is 0 Å². The van der Waals surface area contributed by atoms with Gasteiger partial charge in [0.25, 0.3) is 0 Å². The standard InChI is InChI=1S/C22H28O14S4/c1-10(23)37-6-15(27)32-5-14-19(34-16(28)7-38-11(2)24)20(35-17(29)8-39-12(3)25)21(22(31)33-14)36-18(30)9-40-13(4)26/h14,19-22,31H,5-9H2,1-4H3/t14-,19+,20+,21-,22+/m1/s1. The Morgan fingerprint density at radius 1 is 0.575 bits per heavy atom. The van der Waals surface area contributed by atoms with Crippen LogP contribution in [-0.2, 0) is 62.0 Å². The Hall–Kier alpha value is -2.12. The first kappa shape index (κ1) is 35.9. The van der Waals surface area contributed by atoms with E-state index in [1.54, 1.807) is 0 Å². The highest BCUT2D eigenvalue weighted by Crippen LogP contribution is 2.29. The van der Waals surface area contributed by atoms with Crippen LogP contribution in [0.3, 0.4) is 0 Å². The van der Waals surface area contributed by atoms with Crippen LogP contribution in [0.15, 0.2) is 0 Å². The molecule has 1 heterocycles. The molecule has 0 radical (unpaired) electrons. The third-order valence-corrected chi connectivity index (χ3v) is 7.54. The summed E-state index contributed by atoms with van der Waals surface area (Å²) in [4.78, 5) is 94.3. The number of aliphatic hydroxyl groups is 1. The lowest BCUT2D eigenvalue weighted by Crippen LogP contribution is -2.62. The fourth-order valence-electron chi connectivity index (χ4n) is 2.85. The SMILES string of the molecule is CC(=O)SCC(=O)OC[C@H]1O[C@H](O)[C@H](OC(=O)CSC(C)=O)[C@@H](OC(=O)CSC(C)=O)[C@H]1OC(=O)CSC(C)=O. The number of hydrogen-bond acceptors (Lipinski definition) is 18. The topological polar surface area (TPSA) is 203 Å². The molecule has 0 bridgehead atoms. The predicted molar refractivity (Wildman–Crippen MR) is 144 cm³/mol. The predicted octanol–water partition coefficient (Wildman–Crippen LogP) is 0.101. The normalized spacial score (nSPS) is 22.0.